The summed E-state index contributed by atoms with van der Waals surface area (Å²) < 4.78 is 13.0. The van der Waals surface area contributed by atoms with Gasteiger partial charge < -0.3 is 19.7 Å². The smallest absolute Gasteiger partial charge is 0.246 e. The summed E-state index contributed by atoms with van der Waals surface area (Å²) in [7, 11) is 1.58. The molecule has 2 aromatic heterocycles. The van der Waals surface area contributed by atoms with E-state index in [2.05, 4.69) is 10.3 Å². The zero-order valence-corrected chi connectivity index (χ0v) is 22.9. The molecule has 0 spiro atoms. The Hall–Kier alpha value is -4.92. The quantitative estimate of drug-likeness (QED) is 0.257. The zero-order valence-electron chi connectivity index (χ0n) is 22.9. The third-order valence-electron chi connectivity index (χ3n) is 5.90. The number of hydrogen-bond donors (Lipinski definition) is 1. The van der Waals surface area contributed by atoms with Crippen LogP contribution < -0.4 is 14.8 Å². The summed E-state index contributed by atoms with van der Waals surface area (Å²) in [6, 6.07) is 19.0. The maximum absolute atomic E-state index is 12.9. The van der Waals surface area contributed by atoms with Gasteiger partial charge in [0.15, 0.2) is 11.5 Å². The van der Waals surface area contributed by atoms with Gasteiger partial charge in [0.05, 0.1) is 26.3 Å². The van der Waals surface area contributed by atoms with E-state index in [1.165, 1.54) is 11.0 Å². The number of anilines is 1. The van der Waals surface area contributed by atoms with Crippen LogP contribution in [0.5, 0.6) is 11.5 Å². The van der Waals surface area contributed by atoms with E-state index in [0.717, 1.165) is 16.7 Å². The van der Waals surface area contributed by atoms with Gasteiger partial charge in [-0.15, -0.1) is 0 Å². The molecule has 0 fully saturated rings. The van der Waals surface area contributed by atoms with Crippen LogP contribution in [0.15, 0.2) is 85.3 Å². The number of carbonyl (C=O) groups is 2. The minimum absolute atomic E-state index is 0.122. The summed E-state index contributed by atoms with van der Waals surface area (Å²) >= 11 is 0. The molecule has 0 aliphatic carbocycles. The first-order chi connectivity index (χ1) is 19.5. The third kappa shape index (κ3) is 7.57. The number of amides is 2. The molecule has 4 aromatic rings. The van der Waals surface area contributed by atoms with Gasteiger partial charge in [0, 0.05) is 54.6 Å². The number of nitrogens with one attached hydrogen (secondary N) is 1. The van der Waals surface area contributed by atoms with Crippen molar-refractivity contribution in [1.82, 2.24) is 19.7 Å². The Labute approximate surface area is 234 Å². The van der Waals surface area contributed by atoms with Crippen LogP contribution in [-0.2, 0) is 16.1 Å². The lowest BCUT2D eigenvalue weighted by Gasteiger charge is -2.16. The fourth-order valence-corrected chi connectivity index (χ4v) is 4.05. The molecule has 0 radical (unpaired) electrons. The Bertz CT molecular complexity index is 1450. The summed E-state index contributed by atoms with van der Waals surface area (Å²) in [4.78, 5) is 31.1. The van der Waals surface area contributed by atoms with Crippen LogP contribution in [0.25, 0.3) is 17.3 Å². The number of carbonyl (C=O) groups excluding carboxylic acids is 2. The molecule has 40 heavy (non-hydrogen) atoms. The summed E-state index contributed by atoms with van der Waals surface area (Å²) in [6.07, 6.45) is 8.50. The highest BCUT2D eigenvalue weighted by molar-refractivity contribution is 5.98. The van der Waals surface area contributed by atoms with Crippen molar-refractivity contribution in [3.63, 3.8) is 0 Å². The van der Waals surface area contributed by atoms with E-state index >= 15 is 0 Å². The van der Waals surface area contributed by atoms with Crippen LogP contribution in [0, 0.1) is 0 Å². The summed E-state index contributed by atoms with van der Waals surface area (Å²) in [5.74, 6) is 0.511. The first-order valence-electron chi connectivity index (χ1n) is 13.1. The van der Waals surface area contributed by atoms with Gasteiger partial charge in [-0.05, 0) is 49.8 Å². The van der Waals surface area contributed by atoms with E-state index in [1.807, 2.05) is 67.2 Å². The van der Waals surface area contributed by atoms with Gasteiger partial charge >= 0.3 is 0 Å². The van der Waals surface area contributed by atoms with Crippen molar-refractivity contribution in [2.45, 2.75) is 20.4 Å². The predicted molar refractivity (Wildman–Crippen MR) is 155 cm³/mol. The molecule has 9 heteroatoms. The molecule has 1 N–H and O–H groups in total. The molecule has 0 aliphatic heterocycles. The number of ether oxygens (including phenoxy) is 2. The van der Waals surface area contributed by atoms with E-state index in [9.17, 15) is 9.59 Å². The molecule has 0 atom stereocenters. The van der Waals surface area contributed by atoms with Gasteiger partial charge in [-0.25, -0.2) is 0 Å². The van der Waals surface area contributed by atoms with Gasteiger partial charge in [0.2, 0.25) is 11.8 Å². The molecular formula is C31H33N5O4. The second-order valence-corrected chi connectivity index (χ2v) is 8.96. The standard InChI is InChI=1S/C31H33N5O4/c1-4-39-27-15-14-26(18-28(27)40-5-2)33-29(37)22-35(3)30(38)16-13-25-21-36(20-23-10-7-6-8-11-23)34-31(25)24-12-9-17-32-19-24/h6-19,21H,4-5,20,22H2,1-3H3,(H,33,37)/b16-13+. The highest BCUT2D eigenvalue weighted by Gasteiger charge is 2.14. The monoisotopic (exact) mass is 539 g/mol. The van der Waals surface area contributed by atoms with E-state index in [-0.39, 0.29) is 18.4 Å². The normalized spacial score (nSPS) is 10.9. The lowest BCUT2D eigenvalue weighted by Crippen LogP contribution is -2.33. The number of nitrogens with zero attached hydrogens (tertiary/aromatic N) is 4. The molecule has 9 nitrogen and oxygen atoms in total. The number of benzene rings is 2. The van der Waals surface area contributed by atoms with Crippen LogP contribution >= 0.6 is 0 Å². The molecule has 0 saturated heterocycles. The Morgan fingerprint density at radius 3 is 2.50 bits per heavy atom. The molecule has 4 rings (SSSR count). The summed E-state index contributed by atoms with van der Waals surface area (Å²) in [5.41, 5.74) is 4.00. The van der Waals surface area contributed by atoms with Crippen LogP contribution in [0.1, 0.15) is 25.0 Å². The molecule has 0 unspecified atom stereocenters. The second-order valence-electron chi connectivity index (χ2n) is 8.96. The van der Waals surface area contributed by atoms with Crippen molar-refractivity contribution < 1.29 is 19.1 Å². The van der Waals surface area contributed by atoms with Crippen molar-refractivity contribution >= 4 is 23.6 Å². The van der Waals surface area contributed by atoms with E-state index in [1.54, 1.807) is 43.7 Å². The average molecular weight is 540 g/mol. The molecule has 2 amide bonds. The van der Waals surface area contributed by atoms with Crippen molar-refractivity contribution in [3.8, 4) is 22.8 Å². The maximum atomic E-state index is 12.9. The van der Waals surface area contributed by atoms with Crippen LogP contribution in [-0.4, -0.2) is 58.3 Å². The lowest BCUT2D eigenvalue weighted by atomic mass is 10.1. The Balaban J connectivity index is 1.43. The number of likely N-dealkylation sites (N-methyl/N-ethyl adjacent to an activating group) is 1. The average Bonchev–Trinajstić information content (AvgIpc) is 3.36. The van der Waals surface area contributed by atoms with Gasteiger partial charge in [0.25, 0.3) is 0 Å². The number of rotatable bonds is 12. The topological polar surface area (TPSA) is 98.6 Å². The predicted octanol–water partition coefficient (Wildman–Crippen LogP) is 4.90. The molecule has 0 saturated carbocycles. The number of hydrogen-bond acceptors (Lipinski definition) is 6. The van der Waals surface area contributed by atoms with Gasteiger partial charge in [-0.3, -0.25) is 19.3 Å². The van der Waals surface area contributed by atoms with Crippen LogP contribution in [0.4, 0.5) is 5.69 Å². The zero-order chi connectivity index (χ0) is 28.3. The first-order valence-corrected chi connectivity index (χ1v) is 13.1. The van der Waals surface area contributed by atoms with Crippen LogP contribution in [0.3, 0.4) is 0 Å². The highest BCUT2D eigenvalue weighted by atomic mass is 16.5. The van der Waals surface area contributed by atoms with E-state index in [4.69, 9.17) is 14.6 Å². The van der Waals surface area contributed by atoms with Crippen molar-refractivity contribution in [1.29, 1.82) is 0 Å². The molecular weight excluding hydrogens is 506 g/mol. The summed E-state index contributed by atoms with van der Waals surface area (Å²) in [6.45, 7) is 5.21. The maximum Gasteiger partial charge on any atom is 0.246 e. The minimum Gasteiger partial charge on any atom is -0.490 e. The van der Waals surface area contributed by atoms with Gasteiger partial charge in [-0.1, -0.05) is 30.3 Å². The number of pyridine rings is 1. The van der Waals surface area contributed by atoms with Gasteiger partial charge in [-0.2, -0.15) is 5.10 Å². The molecule has 2 aromatic carbocycles. The van der Waals surface area contributed by atoms with Crippen molar-refractivity contribution in [2.24, 2.45) is 0 Å². The Morgan fingerprint density at radius 1 is 1.00 bits per heavy atom. The lowest BCUT2D eigenvalue weighted by molar-refractivity contribution is -0.129. The molecule has 0 bridgehead atoms. The molecule has 2 heterocycles. The summed E-state index contributed by atoms with van der Waals surface area (Å²) in [5, 5.41) is 7.56. The van der Waals surface area contributed by atoms with Crippen molar-refractivity contribution in [2.75, 3.05) is 32.1 Å². The molecule has 0 aliphatic rings. The highest BCUT2D eigenvalue weighted by Crippen LogP contribution is 2.30. The Morgan fingerprint density at radius 2 is 1.77 bits per heavy atom. The largest absolute Gasteiger partial charge is 0.490 e. The number of aromatic nitrogens is 3. The molecule has 206 valence electrons. The fourth-order valence-electron chi connectivity index (χ4n) is 4.05. The fraction of sp³-hybridized carbons (Fsp3) is 0.226. The van der Waals surface area contributed by atoms with Crippen molar-refractivity contribution in [3.05, 3.63) is 96.5 Å². The SMILES string of the molecule is CCOc1ccc(NC(=O)CN(C)C(=O)/C=C/c2cn(Cc3ccccc3)nc2-c2cccnc2)cc1OCC. The minimum atomic E-state index is -0.331. The van der Waals surface area contributed by atoms with Crippen LogP contribution in [0.2, 0.25) is 0 Å². The van der Waals surface area contributed by atoms with Gasteiger partial charge in [0.1, 0.15) is 5.69 Å². The van der Waals surface area contributed by atoms with E-state index < -0.39 is 0 Å². The second kappa shape index (κ2) is 13.7. The third-order valence-corrected chi connectivity index (χ3v) is 5.90. The van der Waals surface area contributed by atoms with E-state index in [0.29, 0.717) is 42.6 Å². The Kier molecular flexibility index (Phi) is 9.66. The first kappa shape index (κ1) is 28.1.